The van der Waals surface area contributed by atoms with Crippen molar-refractivity contribution in [2.24, 2.45) is 0 Å². The van der Waals surface area contributed by atoms with Crippen LogP contribution in [0.25, 0.3) is 0 Å². The molecule has 2 atom stereocenters. The number of rotatable bonds is 9. The summed E-state index contributed by atoms with van der Waals surface area (Å²) in [4.78, 5) is 14.7. The Balaban J connectivity index is 0.00000184. The summed E-state index contributed by atoms with van der Waals surface area (Å²) in [6, 6.07) is 7.21. The van der Waals surface area contributed by atoms with Gasteiger partial charge in [-0.05, 0) is 57.1 Å². The number of ether oxygens (including phenoxy) is 2. The zero-order chi connectivity index (χ0) is 20.8. The van der Waals surface area contributed by atoms with Crippen LogP contribution < -0.4 is 10.1 Å². The summed E-state index contributed by atoms with van der Waals surface area (Å²) >= 11 is 0. The second-order valence-electron chi connectivity index (χ2n) is 7.10. The van der Waals surface area contributed by atoms with E-state index in [2.05, 4.69) is 24.1 Å². The summed E-state index contributed by atoms with van der Waals surface area (Å²) < 4.78 is 11.1. The fourth-order valence-corrected chi connectivity index (χ4v) is 3.13. The molecule has 164 valence electrons. The summed E-state index contributed by atoms with van der Waals surface area (Å²) in [7, 11) is 1.63. The molecule has 1 aromatic rings. The first-order valence-corrected chi connectivity index (χ1v) is 10.4. The molecule has 5 nitrogen and oxygen atoms in total. The topological polar surface area (TPSA) is 50.8 Å². The third kappa shape index (κ3) is 11.1. The molecule has 2 rings (SSSR count). The van der Waals surface area contributed by atoms with E-state index in [1.807, 2.05) is 26.0 Å². The Morgan fingerprint density at radius 2 is 1.76 bits per heavy atom. The van der Waals surface area contributed by atoms with Crippen LogP contribution >= 0.6 is 0 Å². The Labute approximate surface area is 188 Å². The second kappa shape index (κ2) is 16.7. The SMILES string of the molecule is [CH2-]CC.[CH2-]CC(OC)C(C)NC(=O)c1ccc(OCCN2CCCCC2)cc1.[Cr+2]. The molecule has 1 N–H and O–H groups in total. The maximum atomic E-state index is 12.3. The van der Waals surface area contributed by atoms with Crippen LogP contribution in [0.5, 0.6) is 5.75 Å². The summed E-state index contributed by atoms with van der Waals surface area (Å²) in [5.74, 6) is 0.692. The number of benzene rings is 1. The molecule has 6 heteroatoms. The normalized spacial score (nSPS) is 15.9. The third-order valence-corrected chi connectivity index (χ3v) is 4.75. The first-order valence-electron chi connectivity index (χ1n) is 10.4. The smallest absolute Gasteiger partial charge is 0.492 e. The van der Waals surface area contributed by atoms with Crippen molar-refractivity contribution in [3.63, 3.8) is 0 Å². The molecule has 0 aromatic heterocycles. The number of nitrogens with zero attached hydrogens (tertiary/aromatic N) is 1. The van der Waals surface area contributed by atoms with Crippen LogP contribution in [0.4, 0.5) is 0 Å². The zero-order valence-electron chi connectivity index (χ0n) is 18.3. The number of carbonyl (C=O) groups excluding carboxylic acids is 1. The summed E-state index contributed by atoms with van der Waals surface area (Å²) in [5, 5.41) is 2.95. The molecule has 0 spiro atoms. The van der Waals surface area contributed by atoms with Crippen molar-refractivity contribution in [1.29, 1.82) is 0 Å². The van der Waals surface area contributed by atoms with E-state index in [0.29, 0.717) is 18.6 Å². The molecule has 1 amide bonds. The minimum atomic E-state index is -0.108. The zero-order valence-corrected chi connectivity index (χ0v) is 19.6. The third-order valence-electron chi connectivity index (χ3n) is 4.75. The molecule has 1 aliphatic heterocycles. The largest absolute Gasteiger partial charge is 2.00 e. The molecule has 0 bridgehead atoms. The van der Waals surface area contributed by atoms with E-state index in [4.69, 9.17) is 9.47 Å². The van der Waals surface area contributed by atoms with Gasteiger partial charge in [0.1, 0.15) is 12.4 Å². The fourth-order valence-electron chi connectivity index (χ4n) is 3.13. The molecule has 1 aliphatic rings. The average molecular weight is 443 g/mol. The molecule has 29 heavy (non-hydrogen) atoms. The van der Waals surface area contributed by atoms with Gasteiger partial charge < -0.3 is 28.6 Å². The van der Waals surface area contributed by atoms with Gasteiger partial charge in [-0.15, -0.1) is 0 Å². The van der Waals surface area contributed by atoms with Crippen molar-refractivity contribution >= 4 is 5.91 Å². The Bertz CT molecular complexity index is 529. The first-order chi connectivity index (χ1) is 13.5. The van der Waals surface area contributed by atoms with Crippen molar-refractivity contribution in [3.8, 4) is 5.75 Å². The van der Waals surface area contributed by atoms with E-state index in [0.717, 1.165) is 18.7 Å². The number of piperidine rings is 1. The van der Waals surface area contributed by atoms with Crippen LogP contribution in [0.2, 0.25) is 0 Å². The van der Waals surface area contributed by atoms with Gasteiger partial charge in [0.05, 0.1) is 6.10 Å². The molecule has 1 heterocycles. The van der Waals surface area contributed by atoms with E-state index < -0.39 is 0 Å². The molecule has 0 radical (unpaired) electrons. The van der Waals surface area contributed by atoms with Crippen LogP contribution in [0.1, 0.15) is 56.3 Å². The van der Waals surface area contributed by atoms with Gasteiger partial charge in [0, 0.05) is 25.3 Å². The predicted molar refractivity (Wildman–Crippen MR) is 116 cm³/mol. The maximum absolute atomic E-state index is 12.3. The number of hydrogen-bond donors (Lipinski definition) is 1. The minimum Gasteiger partial charge on any atom is -0.492 e. The number of likely N-dealkylation sites (tertiary alicyclic amines) is 1. The van der Waals surface area contributed by atoms with Gasteiger partial charge in [-0.1, -0.05) is 13.3 Å². The van der Waals surface area contributed by atoms with E-state index >= 15 is 0 Å². The van der Waals surface area contributed by atoms with Gasteiger partial charge in [-0.25, -0.2) is 0 Å². The van der Waals surface area contributed by atoms with Crippen molar-refractivity contribution < 1.29 is 31.6 Å². The predicted octanol–water partition coefficient (Wildman–Crippen LogP) is 4.14. The number of methoxy groups -OCH3 is 1. The minimum absolute atomic E-state index is 0. The van der Waals surface area contributed by atoms with Crippen molar-refractivity contribution in [1.82, 2.24) is 10.2 Å². The van der Waals surface area contributed by atoms with Crippen LogP contribution in [0.3, 0.4) is 0 Å². The molecule has 2 unspecified atom stereocenters. The molecule has 1 fully saturated rings. The van der Waals surface area contributed by atoms with Gasteiger partial charge >= 0.3 is 17.4 Å². The Hall–Kier alpha value is -1.06. The average Bonchev–Trinajstić information content (AvgIpc) is 2.71. The second-order valence-corrected chi connectivity index (χ2v) is 7.10. The van der Waals surface area contributed by atoms with Crippen molar-refractivity contribution in [3.05, 3.63) is 43.7 Å². The molecule has 0 saturated carbocycles. The van der Waals surface area contributed by atoms with E-state index in [9.17, 15) is 4.79 Å². The standard InChI is InChI=1S/C20H31N2O3.C3H7.Cr/c1-4-19(24-3)16(2)21-20(23)17-8-10-18(11-9-17)25-15-14-22-12-6-5-7-13-22;1-3-2;/h8-11,16,19H,1,4-7,12-15H2,2-3H3,(H,21,23);1,3H2,2H3;/q2*-1;+2. The molecule has 1 aromatic carbocycles. The first kappa shape index (κ1) is 27.9. The Kier molecular flexibility index (Phi) is 16.1. The van der Waals surface area contributed by atoms with Crippen LogP contribution in [-0.4, -0.2) is 56.3 Å². The van der Waals surface area contributed by atoms with Crippen LogP contribution in [-0.2, 0) is 22.1 Å². The fraction of sp³-hybridized carbons (Fsp3) is 0.609. The molecule has 1 saturated heterocycles. The monoisotopic (exact) mass is 442 g/mol. The van der Waals surface area contributed by atoms with Crippen LogP contribution in [0.15, 0.2) is 24.3 Å². The quantitative estimate of drug-likeness (QED) is 0.584. The number of nitrogens with one attached hydrogen (secondary N) is 1. The number of hydrogen-bond acceptors (Lipinski definition) is 4. The van der Waals surface area contributed by atoms with Gasteiger partial charge in [0.15, 0.2) is 0 Å². The Morgan fingerprint density at radius 3 is 2.28 bits per heavy atom. The molecular weight excluding hydrogens is 404 g/mol. The summed E-state index contributed by atoms with van der Waals surface area (Å²) in [6.07, 6.45) is 5.46. The summed E-state index contributed by atoms with van der Waals surface area (Å²) in [5.41, 5.74) is 0.620. The number of carbonyl (C=O) groups is 1. The van der Waals surface area contributed by atoms with Gasteiger partial charge in [-0.2, -0.15) is 12.8 Å². The van der Waals surface area contributed by atoms with Gasteiger partial charge in [0.25, 0.3) is 5.91 Å². The molecule has 0 aliphatic carbocycles. The Morgan fingerprint density at radius 1 is 1.17 bits per heavy atom. The molecular formula is C23H38CrN2O3. The van der Waals surface area contributed by atoms with Gasteiger partial charge in [-0.3, -0.25) is 9.69 Å². The summed E-state index contributed by atoms with van der Waals surface area (Å²) in [6.45, 7) is 15.3. The van der Waals surface area contributed by atoms with E-state index in [-0.39, 0.29) is 35.4 Å². The van der Waals surface area contributed by atoms with Gasteiger partial charge in [0.2, 0.25) is 0 Å². The number of amides is 1. The van der Waals surface area contributed by atoms with Crippen molar-refractivity contribution in [2.75, 3.05) is 33.4 Å². The van der Waals surface area contributed by atoms with E-state index in [1.165, 1.54) is 32.4 Å². The maximum Gasteiger partial charge on any atom is 2.00 e. The van der Waals surface area contributed by atoms with E-state index in [1.54, 1.807) is 19.2 Å². The van der Waals surface area contributed by atoms with Crippen LogP contribution in [0, 0.1) is 13.8 Å². The van der Waals surface area contributed by atoms with Crippen molar-refractivity contribution in [2.45, 2.75) is 58.1 Å².